The zero-order chi connectivity index (χ0) is 20.8. The van der Waals surface area contributed by atoms with Crippen LogP contribution in [0.1, 0.15) is 24.1 Å². The molecule has 0 aliphatic rings. The fourth-order valence-corrected chi connectivity index (χ4v) is 3.57. The SMILES string of the molecule is COc1ccc(CN(C)CC(=O)N[C@@H](C)c2cccc3ccccc23)c(OC)c1. The van der Waals surface area contributed by atoms with Crippen molar-refractivity contribution in [3.63, 3.8) is 0 Å². The Morgan fingerprint density at radius 3 is 2.55 bits per heavy atom. The van der Waals surface area contributed by atoms with Crippen LogP contribution in [0.3, 0.4) is 0 Å². The highest BCUT2D eigenvalue weighted by molar-refractivity contribution is 5.87. The maximum atomic E-state index is 12.6. The third kappa shape index (κ3) is 5.06. The highest BCUT2D eigenvalue weighted by Gasteiger charge is 2.15. The Kier molecular flexibility index (Phi) is 6.73. The average molecular weight is 392 g/mol. The summed E-state index contributed by atoms with van der Waals surface area (Å²) in [5.41, 5.74) is 2.13. The lowest BCUT2D eigenvalue weighted by molar-refractivity contribution is -0.122. The van der Waals surface area contributed by atoms with E-state index in [1.165, 1.54) is 10.8 Å². The predicted molar refractivity (Wildman–Crippen MR) is 116 cm³/mol. The maximum Gasteiger partial charge on any atom is 0.234 e. The van der Waals surface area contributed by atoms with Gasteiger partial charge in [-0.3, -0.25) is 9.69 Å². The van der Waals surface area contributed by atoms with E-state index < -0.39 is 0 Å². The van der Waals surface area contributed by atoms with Crippen molar-refractivity contribution in [2.45, 2.75) is 19.5 Å². The van der Waals surface area contributed by atoms with Crippen molar-refractivity contribution in [1.82, 2.24) is 10.2 Å². The lowest BCUT2D eigenvalue weighted by Gasteiger charge is -2.21. The number of rotatable bonds is 8. The van der Waals surface area contributed by atoms with Crippen LogP contribution < -0.4 is 14.8 Å². The number of likely N-dealkylation sites (N-methyl/N-ethyl adjacent to an activating group) is 1. The van der Waals surface area contributed by atoms with Crippen LogP contribution in [-0.4, -0.2) is 38.6 Å². The first kappa shape index (κ1) is 20.7. The molecule has 0 aliphatic carbocycles. The largest absolute Gasteiger partial charge is 0.497 e. The van der Waals surface area contributed by atoms with Crippen molar-refractivity contribution in [1.29, 1.82) is 0 Å². The van der Waals surface area contributed by atoms with Gasteiger partial charge in [-0.05, 0) is 36.4 Å². The van der Waals surface area contributed by atoms with Gasteiger partial charge in [0, 0.05) is 18.2 Å². The van der Waals surface area contributed by atoms with Gasteiger partial charge in [0.2, 0.25) is 5.91 Å². The second kappa shape index (κ2) is 9.43. The molecule has 1 N–H and O–H groups in total. The van der Waals surface area contributed by atoms with Gasteiger partial charge in [-0.1, -0.05) is 48.5 Å². The Balaban J connectivity index is 1.63. The third-order valence-electron chi connectivity index (χ3n) is 5.02. The molecule has 0 unspecified atom stereocenters. The normalized spacial score (nSPS) is 12.0. The standard InChI is InChI=1S/C24H28N2O3/c1-17(21-11-7-9-18-8-5-6-10-22(18)21)25-24(27)16-26(2)15-19-12-13-20(28-3)14-23(19)29-4/h5-14,17H,15-16H2,1-4H3,(H,25,27)/t17-/m0/s1. The van der Waals surface area contributed by atoms with Gasteiger partial charge < -0.3 is 14.8 Å². The van der Waals surface area contributed by atoms with Gasteiger partial charge in [-0.15, -0.1) is 0 Å². The molecule has 0 radical (unpaired) electrons. The molecule has 152 valence electrons. The number of methoxy groups -OCH3 is 2. The van der Waals surface area contributed by atoms with Crippen LogP contribution in [0.15, 0.2) is 60.7 Å². The molecule has 5 heteroatoms. The average Bonchev–Trinajstić information content (AvgIpc) is 2.73. The lowest BCUT2D eigenvalue weighted by Crippen LogP contribution is -2.36. The van der Waals surface area contributed by atoms with Crippen LogP contribution in [-0.2, 0) is 11.3 Å². The fourth-order valence-electron chi connectivity index (χ4n) is 3.57. The minimum Gasteiger partial charge on any atom is -0.497 e. The van der Waals surface area contributed by atoms with Crippen molar-refractivity contribution < 1.29 is 14.3 Å². The highest BCUT2D eigenvalue weighted by Crippen LogP contribution is 2.26. The van der Waals surface area contributed by atoms with Gasteiger partial charge in [0.15, 0.2) is 0 Å². The minimum absolute atomic E-state index is 0.0135. The summed E-state index contributed by atoms with van der Waals surface area (Å²) in [6, 6.07) is 20.1. The molecule has 3 aromatic rings. The summed E-state index contributed by atoms with van der Waals surface area (Å²) >= 11 is 0. The van der Waals surface area contributed by atoms with E-state index in [0.717, 1.165) is 22.6 Å². The number of fused-ring (bicyclic) bond motifs is 1. The Bertz CT molecular complexity index is 982. The fraction of sp³-hybridized carbons (Fsp3) is 0.292. The number of nitrogens with zero attached hydrogens (tertiary/aromatic N) is 1. The van der Waals surface area contributed by atoms with E-state index in [9.17, 15) is 4.79 Å². The molecule has 0 saturated heterocycles. The molecular formula is C24H28N2O3. The summed E-state index contributed by atoms with van der Waals surface area (Å²) < 4.78 is 10.7. The molecule has 1 amide bonds. The summed E-state index contributed by atoms with van der Waals surface area (Å²) in [4.78, 5) is 14.6. The monoisotopic (exact) mass is 392 g/mol. The molecule has 3 aromatic carbocycles. The molecule has 0 fully saturated rings. The topological polar surface area (TPSA) is 50.8 Å². The second-order valence-electron chi connectivity index (χ2n) is 7.21. The summed E-state index contributed by atoms with van der Waals surface area (Å²) in [5.74, 6) is 1.48. The van der Waals surface area contributed by atoms with E-state index in [0.29, 0.717) is 13.1 Å². The first-order valence-corrected chi connectivity index (χ1v) is 9.68. The van der Waals surface area contributed by atoms with Gasteiger partial charge in [-0.25, -0.2) is 0 Å². The lowest BCUT2D eigenvalue weighted by atomic mass is 10.00. The van der Waals surface area contributed by atoms with Crippen molar-refractivity contribution in [2.75, 3.05) is 27.8 Å². The van der Waals surface area contributed by atoms with Gasteiger partial charge in [0.1, 0.15) is 11.5 Å². The van der Waals surface area contributed by atoms with Crippen LogP contribution in [0.4, 0.5) is 0 Å². The Hall–Kier alpha value is -3.05. The van der Waals surface area contributed by atoms with Gasteiger partial charge in [0.25, 0.3) is 0 Å². The van der Waals surface area contributed by atoms with Crippen LogP contribution in [0.2, 0.25) is 0 Å². The number of nitrogens with one attached hydrogen (secondary N) is 1. The summed E-state index contributed by atoms with van der Waals surface area (Å²) in [6.45, 7) is 2.92. The molecule has 0 aliphatic heterocycles. The third-order valence-corrected chi connectivity index (χ3v) is 5.02. The minimum atomic E-state index is -0.0717. The highest BCUT2D eigenvalue weighted by atomic mass is 16.5. The van der Waals surface area contributed by atoms with Crippen molar-refractivity contribution in [3.05, 3.63) is 71.8 Å². The van der Waals surface area contributed by atoms with Crippen molar-refractivity contribution in [2.24, 2.45) is 0 Å². The second-order valence-corrected chi connectivity index (χ2v) is 7.21. The maximum absolute atomic E-state index is 12.6. The molecule has 0 aromatic heterocycles. The number of carbonyl (C=O) groups excluding carboxylic acids is 1. The first-order valence-electron chi connectivity index (χ1n) is 9.68. The van der Waals surface area contributed by atoms with Crippen LogP contribution in [0.5, 0.6) is 11.5 Å². The Morgan fingerprint density at radius 2 is 1.79 bits per heavy atom. The molecule has 5 nitrogen and oxygen atoms in total. The van der Waals surface area contributed by atoms with Gasteiger partial charge >= 0.3 is 0 Å². The van der Waals surface area contributed by atoms with Crippen molar-refractivity contribution >= 4 is 16.7 Å². The van der Waals surface area contributed by atoms with E-state index in [2.05, 4.69) is 29.6 Å². The molecule has 0 spiro atoms. The molecule has 3 rings (SSSR count). The number of benzene rings is 3. The molecule has 0 bridgehead atoms. The molecule has 0 heterocycles. The van der Waals surface area contributed by atoms with E-state index in [1.54, 1.807) is 14.2 Å². The van der Waals surface area contributed by atoms with Gasteiger partial charge in [-0.2, -0.15) is 0 Å². The molecule has 29 heavy (non-hydrogen) atoms. The number of amides is 1. The van der Waals surface area contributed by atoms with E-state index >= 15 is 0 Å². The number of hydrogen-bond acceptors (Lipinski definition) is 4. The predicted octanol–water partition coefficient (Wildman–Crippen LogP) is 4.17. The molecule has 0 saturated carbocycles. The van der Waals surface area contributed by atoms with Crippen molar-refractivity contribution in [3.8, 4) is 11.5 Å². The first-order chi connectivity index (χ1) is 14.0. The number of hydrogen-bond donors (Lipinski definition) is 1. The summed E-state index contributed by atoms with van der Waals surface area (Å²) in [5, 5.41) is 5.46. The zero-order valence-corrected chi connectivity index (χ0v) is 17.4. The van der Waals surface area contributed by atoms with Crippen LogP contribution in [0.25, 0.3) is 10.8 Å². The number of carbonyl (C=O) groups is 1. The van der Waals surface area contributed by atoms with E-state index in [1.807, 2.05) is 55.3 Å². The smallest absolute Gasteiger partial charge is 0.234 e. The summed E-state index contributed by atoms with van der Waals surface area (Å²) in [6.07, 6.45) is 0. The quantitative estimate of drug-likeness (QED) is 0.625. The van der Waals surface area contributed by atoms with Gasteiger partial charge in [0.05, 0.1) is 26.8 Å². The molecular weight excluding hydrogens is 364 g/mol. The Labute approximate surface area is 172 Å². The van der Waals surface area contributed by atoms with E-state index in [4.69, 9.17) is 9.47 Å². The number of ether oxygens (including phenoxy) is 2. The van der Waals surface area contributed by atoms with Crippen LogP contribution in [0, 0.1) is 0 Å². The Morgan fingerprint density at radius 1 is 1.03 bits per heavy atom. The van der Waals surface area contributed by atoms with E-state index in [-0.39, 0.29) is 11.9 Å². The van der Waals surface area contributed by atoms with Crippen LogP contribution >= 0.6 is 0 Å². The summed E-state index contributed by atoms with van der Waals surface area (Å²) in [7, 11) is 5.19. The molecule has 1 atom stereocenters. The zero-order valence-electron chi connectivity index (χ0n) is 17.4.